The maximum atomic E-state index is 13.5. The number of carbonyl (C=O) groups is 1. The summed E-state index contributed by atoms with van der Waals surface area (Å²) in [5.41, 5.74) is 5.93. The second-order valence-corrected chi connectivity index (χ2v) is 4.48. The van der Waals surface area contributed by atoms with E-state index in [2.05, 4.69) is 5.32 Å². The molecule has 1 heterocycles. The minimum Gasteiger partial charge on any atom is -0.399 e. The third-order valence-electron chi connectivity index (χ3n) is 2.95. The van der Waals surface area contributed by atoms with E-state index in [0.29, 0.717) is 12.3 Å². The normalized spacial score (nSPS) is 19.5. The molecule has 0 bridgehead atoms. The molecule has 0 aliphatic carbocycles. The zero-order valence-electron chi connectivity index (χ0n) is 10.1. The minimum absolute atomic E-state index is 0.0457. The Morgan fingerprint density at radius 3 is 3.00 bits per heavy atom. The predicted octanol–water partition coefficient (Wildman–Crippen LogP) is 2.31. The van der Waals surface area contributed by atoms with Gasteiger partial charge in [-0.1, -0.05) is 0 Å². The molecule has 4 nitrogen and oxygen atoms in total. The van der Waals surface area contributed by atoms with Gasteiger partial charge in [-0.3, -0.25) is 4.79 Å². The molecular weight excluding hydrogens is 235 g/mol. The van der Waals surface area contributed by atoms with Crippen LogP contribution < -0.4 is 11.1 Å². The first-order valence-corrected chi connectivity index (χ1v) is 6.11. The molecule has 1 atom stereocenters. The average Bonchev–Trinajstić information content (AvgIpc) is 2.34. The maximum Gasteiger partial charge on any atom is 0.227 e. The highest BCUT2D eigenvalue weighted by molar-refractivity contribution is 5.91. The molecule has 18 heavy (non-hydrogen) atoms. The van der Waals surface area contributed by atoms with Crippen LogP contribution in [0.25, 0.3) is 0 Å². The van der Waals surface area contributed by atoms with Crippen molar-refractivity contribution in [1.29, 1.82) is 0 Å². The third-order valence-corrected chi connectivity index (χ3v) is 2.95. The molecule has 0 spiro atoms. The van der Waals surface area contributed by atoms with Crippen LogP contribution in [-0.4, -0.2) is 18.6 Å². The van der Waals surface area contributed by atoms with Crippen molar-refractivity contribution in [3.63, 3.8) is 0 Å². The molecule has 1 fully saturated rings. The van der Waals surface area contributed by atoms with Crippen molar-refractivity contribution in [2.75, 3.05) is 17.7 Å². The third kappa shape index (κ3) is 3.43. The lowest BCUT2D eigenvalue weighted by atomic mass is 10.1. The molecule has 0 radical (unpaired) electrons. The topological polar surface area (TPSA) is 64.3 Å². The van der Waals surface area contributed by atoms with Crippen molar-refractivity contribution in [1.82, 2.24) is 0 Å². The number of halogens is 1. The molecule has 1 aromatic carbocycles. The molecule has 1 aliphatic heterocycles. The fourth-order valence-electron chi connectivity index (χ4n) is 2.01. The van der Waals surface area contributed by atoms with Crippen LogP contribution in [0.3, 0.4) is 0 Å². The second-order valence-electron chi connectivity index (χ2n) is 4.48. The van der Waals surface area contributed by atoms with Gasteiger partial charge in [0.2, 0.25) is 5.91 Å². The minimum atomic E-state index is -0.520. The van der Waals surface area contributed by atoms with Gasteiger partial charge in [-0.05, 0) is 37.5 Å². The van der Waals surface area contributed by atoms with Gasteiger partial charge in [0.05, 0.1) is 18.2 Å². The largest absolute Gasteiger partial charge is 0.399 e. The Labute approximate surface area is 105 Å². The number of anilines is 2. The summed E-state index contributed by atoms with van der Waals surface area (Å²) in [5.74, 6) is -0.751. The van der Waals surface area contributed by atoms with Gasteiger partial charge >= 0.3 is 0 Å². The van der Waals surface area contributed by atoms with Crippen LogP contribution >= 0.6 is 0 Å². The van der Waals surface area contributed by atoms with Crippen LogP contribution in [0.1, 0.15) is 25.7 Å². The summed E-state index contributed by atoms with van der Waals surface area (Å²) in [6.45, 7) is 0.703. The van der Waals surface area contributed by atoms with Gasteiger partial charge in [-0.15, -0.1) is 0 Å². The summed E-state index contributed by atoms with van der Waals surface area (Å²) in [7, 11) is 0. The van der Waals surface area contributed by atoms with Crippen LogP contribution in [0, 0.1) is 5.82 Å². The Morgan fingerprint density at radius 1 is 1.50 bits per heavy atom. The Morgan fingerprint density at radius 2 is 2.33 bits per heavy atom. The van der Waals surface area contributed by atoms with Crippen molar-refractivity contribution in [2.45, 2.75) is 31.8 Å². The summed E-state index contributed by atoms with van der Waals surface area (Å²) in [6.07, 6.45) is 3.23. The van der Waals surface area contributed by atoms with E-state index in [9.17, 15) is 9.18 Å². The molecule has 1 saturated heterocycles. The van der Waals surface area contributed by atoms with Gasteiger partial charge in [-0.25, -0.2) is 4.39 Å². The van der Waals surface area contributed by atoms with Gasteiger partial charge in [0.15, 0.2) is 0 Å². The van der Waals surface area contributed by atoms with E-state index in [0.717, 1.165) is 19.3 Å². The number of nitrogens with one attached hydrogen (secondary N) is 1. The lowest BCUT2D eigenvalue weighted by molar-refractivity contribution is -0.119. The van der Waals surface area contributed by atoms with E-state index in [1.807, 2.05) is 0 Å². The number of rotatable bonds is 3. The Bertz CT molecular complexity index is 431. The molecule has 0 aromatic heterocycles. The Kier molecular flexibility index (Phi) is 4.15. The van der Waals surface area contributed by atoms with Crippen molar-refractivity contribution in [3.05, 3.63) is 24.0 Å². The lowest BCUT2D eigenvalue weighted by Gasteiger charge is -2.22. The summed E-state index contributed by atoms with van der Waals surface area (Å²) in [4.78, 5) is 11.7. The molecule has 2 rings (SSSR count). The molecular formula is C13H17FN2O2. The number of hydrogen-bond acceptors (Lipinski definition) is 3. The van der Waals surface area contributed by atoms with E-state index in [1.165, 1.54) is 12.1 Å². The van der Waals surface area contributed by atoms with Gasteiger partial charge in [0, 0.05) is 12.3 Å². The van der Waals surface area contributed by atoms with E-state index in [1.54, 1.807) is 6.07 Å². The molecule has 98 valence electrons. The highest BCUT2D eigenvalue weighted by atomic mass is 19.1. The number of ether oxygens (including phenoxy) is 1. The number of carbonyl (C=O) groups excluding carboxylic acids is 1. The Hall–Kier alpha value is -1.62. The zero-order chi connectivity index (χ0) is 13.0. The molecule has 1 aliphatic rings. The fourth-order valence-corrected chi connectivity index (χ4v) is 2.01. The van der Waals surface area contributed by atoms with E-state index in [-0.39, 0.29) is 24.1 Å². The SMILES string of the molecule is Nc1ccc(NC(=O)CC2CCCCO2)c(F)c1. The molecule has 1 unspecified atom stereocenters. The first-order chi connectivity index (χ1) is 8.65. The van der Waals surface area contributed by atoms with Crippen LogP contribution in [0.4, 0.5) is 15.8 Å². The number of benzene rings is 1. The fraction of sp³-hybridized carbons (Fsp3) is 0.462. The highest BCUT2D eigenvalue weighted by Crippen LogP contribution is 2.19. The second kappa shape index (κ2) is 5.82. The maximum absolute atomic E-state index is 13.5. The first-order valence-electron chi connectivity index (χ1n) is 6.11. The zero-order valence-corrected chi connectivity index (χ0v) is 10.1. The van der Waals surface area contributed by atoms with E-state index in [4.69, 9.17) is 10.5 Å². The van der Waals surface area contributed by atoms with Gasteiger partial charge in [0.1, 0.15) is 5.82 Å². The smallest absolute Gasteiger partial charge is 0.227 e. The number of nitrogen functional groups attached to an aromatic ring is 1. The van der Waals surface area contributed by atoms with Crippen molar-refractivity contribution in [3.8, 4) is 0 Å². The molecule has 1 amide bonds. The molecule has 5 heteroatoms. The lowest BCUT2D eigenvalue weighted by Crippen LogP contribution is -2.25. The summed E-state index contributed by atoms with van der Waals surface area (Å²) in [6, 6.07) is 4.20. The van der Waals surface area contributed by atoms with Crippen LogP contribution in [0.2, 0.25) is 0 Å². The van der Waals surface area contributed by atoms with Gasteiger partial charge in [-0.2, -0.15) is 0 Å². The van der Waals surface area contributed by atoms with Crippen LogP contribution in [-0.2, 0) is 9.53 Å². The summed E-state index contributed by atoms with van der Waals surface area (Å²) >= 11 is 0. The Balaban J connectivity index is 1.90. The van der Waals surface area contributed by atoms with Gasteiger partial charge in [0.25, 0.3) is 0 Å². The highest BCUT2D eigenvalue weighted by Gasteiger charge is 2.18. The van der Waals surface area contributed by atoms with E-state index < -0.39 is 5.82 Å². The number of hydrogen-bond donors (Lipinski definition) is 2. The van der Waals surface area contributed by atoms with Crippen LogP contribution in [0.5, 0.6) is 0 Å². The quantitative estimate of drug-likeness (QED) is 0.811. The molecule has 1 aromatic rings. The standard InChI is InChI=1S/C13H17FN2O2/c14-11-7-9(15)4-5-12(11)16-13(17)8-10-3-1-2-6-18-10/h4-5,7,10H,1-3,6,8,15H2,(H,16,17). The van der Waals surface area contributed by atoms with Crippen molar-refractivity contribution >= 4 is 17.3 Å². The van der Waals surface area contributed by atoms with Crippen molar-refractivity contribution < 1.29 is 13.9 Å². The van der Waals surface area contributed by atoms with Gasteiger partial charge < -0.3 is 15.8 Å². The van der Waals surface area contributed by atoms with E-state index >= 15 is 0 Å². The van der Waals surface area contributed by atoms with Crippen LogP contribution in [0.15, 0.2) is 18.2 Å². The van der Waals surface area contributed by atoms with Crippen molar-refractivity contribution in [2.24, 2.45) is 0 Å². The summed E-state index contributed by atoms with van der Waals surface area (Å²) < 4.78 is 18.9. The molecule has 0 saturated carbocycles. The monoisotopic (exact) mass is 252 g/mol. The summed E-state index contributed by atoms with van der Waals surface area (Å²) in [5, 5.41) is 2.54. The first kappa shape index (κ1) is 12.8. The number of amides is 1. The molecule has 3 N–H and O–H groups in total. The number of nitrogens with two attached hydrogens (primary N) is 1. The average molecular weight is 252 g/mol. The predicted molar refractivity (Wildman–Crippen MR) is 67.7 cm³/mol.